The van der Waals surface area contributed by atoms with Gasteiger partial charge in [-0.1, -0.05) is 45.9 Å². The smallest absolute Gasteiger partial charge is 0.335 e. The van der Waals surface area contributed by atoms with Crippen LogP contribution in [-0.2, 0) is 15.6 Å². The molecule has 0 saturated heterocycles. The highest BCUT2D eigenvalue weighted by molar-refractivity contribution is 5.95. The van der Waals surface area contributed by atoms with Crippen LogP contribution in [0.3, 0.4) is 0 Å². The summed E-state index contributed by atoms with van der Waals surface area (Å²) in [5.41, 5.74) is 2.30. The van der Waals surface area contributed by atoms with E-state index in [0.29, 0.717) is 5.56 Å². The van der Waals surface area contributed by atoms with Crippen molar-refractivity contribution in [3.05, 3.63) is 64.5 Å². The maximum Gasteiger partial charge on any atom is 0.335 e. The quantitative estimate of drug-likeness (QED) is 0.704. The molecule has 1 atom stereocenters. The van der Waals surface area contributed by atoms with Crippen LogP contribution in [0.1, 0.15) is 73.7 Å². The predicted molar refractivity (Wildman–Crippen MR) is 109 cm³/mol. The summed E-state index contributed by atoms with van der Waals surface area (Å²) in [5, 5.41) is 21.8. The summed E-state index contributed by atoms with van der Waals surface area (Å²) < 4.78 is 14.1. The van der Waals surface area contributed by atoms with Crippen molar-refractivity contribution < 1.29 is 24.2 Å². The number of carboxylic acids is 1. The summed E-state index contributed by atoms with van der Waals surface area (Å²) in [7, 11) is 0. The molecule has 2 aromatic rings. The number of aliphatic hydroxyl groups excluding tert-OH is 1. The molecule has 1 aliphatic rings. The second-order valence-corrected chi connectivity index (χ2v) is 8.96. The average molecular weight is 399 g/mol. The number of carboxylic acid groups (broad SMARTS) is 1. The molecular weight excluding hydrogens is 373 g/mol. The Morgan fingerprint density at radius 3 is 2.21 bits per heavy atom. The van der Waals surface area contributed by atoms with Gasteiger partial charge in [-0.15, -0.1) is 0 Å². The Labute approximate surface area is 169 Å². The summed E-state index contributed by atoms with van der Waals surface area (Å²) in [6.07, 6.45) is 0.584. The fourth-order valence-corrected chi connectivity index (χ4v) is 3.88. The molecular formula is C23H26FNO4. The number of halogens is 1. The zero-order chi connectivity index (χ0) is 21.6. The largest absolute Gasteiger partial charge is 0.478 e. The van der Waals surface area contributed by atoms with Gasteiger partial charge in [-0.2, -0.15) is 0 Å². The topological polar surface area (TPSA) is 86.6 Å². The fourth-order valence-electron chi connectivity index (χ4n) is 3.88. The number of nitrogens with one attached hydrogen (secondary N) is 1. The van der Waals surface area contributed by atoms with E-state index >= 15 is 0 Å². The average Bonchev–Trinajstić information content (AvgIpc) is 2.66. The van der Waals surface area contributed by atoms with Gasteiger partial charge in [-0.05, 0) is 58.6 Å². The molecule has 0 aromatic heterocycles. The highest BCUT2D eigenvalue weighted by Gasteiger charge is 2.37. The van der Waals surface area contributed by atoms with Gasteiger partial charge in [0, 0.05) is 0 Å². The summed E-state index contributed by atoms with van der Waals surface area (Å²) >= 11 is 0. The van der Waals surface area contributed by atoms with Crippen molar-refractivity contribution in [1.82, 2.24) is 0 Å². The molecule has 0 fully saturated rings. The minimum absolute atomic E-state index is 0.0195. The Bertz CT molecular complexity index is 981. The summed E-state index contributed by atoms with van der Waals surface area (Å²) in [4.78, 5) is 23.4. The van der Waals surface area contributed by atoms with Gasteiger partial charge in [0.1, 0.15) is 5.82 Å². The van der Waals surface area contributed by atoms with Crippen molar-refractivity contribution in [3.63, 3.8) is 0 Å². The van der Waals surface area contributed by atoms with Crippen LogP contribution < -0.4 is 5.32 Å². The second-order valence-electron chi connectivity index (χ2n) is 8.96. The molecule has 29 heavy (non-hydrogen) atoms. The highest BCUT2D eigenvalue weighted by atomic mass is 19.1. The molecule has 3 rings (SSSR count). The Morgan fingerprint density at radius 1 is 1.00 bits per heavy atom. The number of carbonyl (C=O) groups excluding carboxylic acids is 1. The summed E-state index contributed by atoms with van der Waals surface area (Å²) in [6.45, 7) is 8.67. The minimum atomic E-state index is -1.47. The van der Waals surface area contributed by atoms with Crippen LogP contribution in [-0.4, -0.2) is 22.1 Å². The third kappa shape index (κ3) is 4.03. The van der Waals surface area contributed by atoms with Crippen molar-refractivity contribution in [2.45, 2.75) is 57.5 Å². The first kappa shape index (κ1) is 21.0. The molecule has 2 aromatic carbocycles. The molecule has 6 heteroatoms. The number of hydrogen-bond acceptors (Lipinski definition) is 3. The first-order chi connectivity index (χ1) is 13.4. The van der Waals surface area contributed by atoms with Crippen LogP contribution in [0.5, 0.6) is 0 Å². The van der Waals surface area contributed by atoms with E-state index < -0.39 is 23.8 Å². The number of benzene rings is 2. The van der Waals surface area contributed by atoms with Gasteiger partial charge in [0.2, 0.25) is 0 Å². The van der Waals surface area contributed by atoms with Crippen LogP contribution in [0.15, 0.2) is 36.4 Å². The van der Waals surface area contributed by atoms with Crippen LogP contribution in [0.4, 0.5) is 10.1 Å². The van der Waals surface area contributed by atoms with Gasteiger partial charge in [0.15, 0.2) is 6.10 Å². The third-order valence-corrected chi connectivity index (χ3v) is 5.91. The number of fused-ring (bicyclic) bond motifs is 1. The number of rotatable bonds is 4. The summed E-state index contributed by atoms with van der Waals surface area (Å²) in [6, 6.07) is 8.75. The lowest BCUT2D eigenvalue weighted by molar-refractivity contribution is -0.124. The molecule has 5 nitrogen and oxygen atoms in total. The van der Waals surface area contributed by atoms with Gasteiger partial charge in [0.25, 0.3) is 5.91 Å². The molecule has 1 aliphatic carbocycles. The number of carbonyl (C=O) groups is 2. The molecule has 0 aliphatic heterocycles. The SMILES string of the molecule is CC1(C)CCC(C)(C)c2cc([C@@H](O)C(=O)Nc3ccc(C(=O)O)cc3F)ccc21. The Kier molecular flexibility index (Phi) is 5.26. The van der Waals surface area contributed by atoms with E-state index in [4.69, 9.17) is 5.11 Å². The first-order valence-electron chi connectivity index (χ1n) is 9.59. The number of aliphatic hydroxyl groups is 1. The van der Waals surface area contributed by atoms with E-state index in [1.807, 2.05) is 12.1 Å². The zero-order valence-corrected chi connectivity index (χ0v) is 17.0. The van der Waals surface area contributed by atoms with Crippen LogP contribution in [0.2, 0.25) is 0 Å². The van der Waals surface area contributed by atoms with E-state index in [2.05, 4.69) is 33.0 Å². The van der Waals surface area contributed by atoms with Crippen molar-refractivity contribution in [2.24, 2.45) is 0 Å². The van der Waals surface area contributed by atoms with E-state index in [1.165, 1.54) is 17.7 Å². The van der Waals surface area contributed by atoms with Gasteiger partial charge in [0.05, 0.1) is 11.3 Å². The maximum atomic E-state index is 14.1. The summed E-state index contributed by atoms with van der Waals surface area (Å²) in [5.74, 6) is -2.92. The van der Waals surface area contributed by atoms with Crippen LogP contribution in [0.25, 0.3) is 0 Å². The molecule has 1 amide bonds. The molecule has 3 N–H and O–H groups in total. The van der Waals surface area contributed by atoms with E-state index in [1.54, 1.807) is 6.07 Å². The third-order valence-electron chi connectivity index (χ3n) is 5.91. The molecule has 0 bridgehead atoms. The lowest BCUT2D eigenvalue weighted by Gasteiger charge is -2.42. The van der Waals surface area contributed by atoms with Crippen LogP contribution >= 0.6 is 0 Å². The number of anilines is 1. The van der Waals surface area contributed by atoms with E-state index in [9.17, 15) is 19.1 Å². The molecule has 0 heterocycles. The van der Waals surface area contributed by atoms with Crippen molar-refractivity contribution in [2.75, 3.05) is 5.32 Å². The Morgan fingerprint density at radius 2 is 1.62 bits per heavy atom. The van der Waals surface area contributed by atoms with Crippen molar-refractivity contribution >= 4 is 17.6 Å². The molecule has 154 valence electrons. The lowest BCUT2D eigenvalue weighted by atomic mass is 9.63. The van der Waals surface area contributed by atoms with Gasteiger partial charge < -0.3 is 15.5 Å². The van der Waals surface area contributed by atoms with Gasteiger partial charge >= 0.3 is 5.97 Å². The lowest BCUT2D eigenvalue weighted by Crippen LogP contribution is -2.34. The Hall–Kier alpha value is -2.73. The molecule has 0 spiro atoms. The van der Waals surface area contributed by atoms with Gasteiger partial charge in [-0.3, -0.25) is 4.79 Å². The van der Waals surface area contributed by atoms with Gasteiger partial charge in [-0.25, -0.2) is 9.18 Å². The van der Waals surface area contributed by atoms with E-state index in [0.717, 1.165) is 24.5 Å². The second kappa shape index (κ2) is 7.26. The number of hydrogen-bond donors (Lipinski definition) is 3. The fraction of sp³-hybridized carbons (Fsp3) is 0.391. The normalized spacial score (nSPS) is 17.9. The Balaban J connectivity index is 1.86. The van der Waals surface area contributed by atoms with Crippen LogP contribution in [0, 0.1) is 5.82 Å². The molecule has 0 radical (unpaired) electrons. The standard InChI is InChI=1S/C23H26FNO4/c1-22(2)9-10-23(3,4)16-11-13(5-7-15(16)22)19(26)20(27)25-18-8-6-14(21(28)29)12-17(18)24/h5-8,11-12,19,26H,9-10H2,1-4H3,(H,25,27)(H,28,29)/t19-/m1/s1. The predicted octanol–water partition coefficient (Wildman–Crippen LogP) is 4.55. The monoisotopic (exact) mass is 399 g/mol. The van der Waals surface area contributed by atoms with Crippen molar-refractivity contribution in [1.29, 1.82) is 0 Å². The minimum Gasteiger partial charge on any atom is -0.478 e. The maximum absolute atomic E-state index is 14.1. The molecule has 0 unspecified atom stereocenters. The zero-order valence-electron chi connectivity index (χ0n) is 17.0. The highest BCUT2D eigenvalue weighted by Crippen LogP contribution is 2.46. The molecule has 0 saturated carbocycles. The van der Waals surface area contributed by atoms with E-state index in [-0.39, 0.29) is 22.1 Å². The van der Waals surface area contributed by atoms with Crippen molar-refractivity contribution in [3.8, 4) is 0 Å². The number of aromatic carboxylic acids is 1. The first-order valence-corrected chi connectivity index (χ1v) is 9.59. The number of amides is 1.